The van der Waals surface area contributed by atoms with Gasteiger partial charge in [-0.3, -0.25) is 19.2 Å². The summed E-state index contributed by atoms with van der Waals surface area (Å²) >= 11 is 1.32. The number of ether oxygens (including phenoxy) is 2. The first-order chi connectivity index (χ1) is 19.9. The fraction of sp³-hybridized carbons (Fsp3) is 0.424. The molecule has 0 radical (unpaired) electrons. The van der Waals surface area contributed by atoms with Gasteiger partial charge in [-0.05, 0) is 71.2 Å². The Balaban J connectivity index is 1.28. The molecule has 0 saturated carbocycles. The van der Waals surface area contributed by atoms with Gasteiger partial charge in [-0.25, -0.2) is 9.89 Å². The molecule has 2 aromatic rings. The summed E-state index contributed by atoms with van der Waals surface area (Å²) in [7, 11) is 0. The van der Waals surface area contributed by atoms with E-state index in [0.717, 1.165) is 17.5 Å². The first-order valence-electron chi connectivity index (χ1n) is 14.3. The number of rotatable bonds is 8. The van der Waals surface area contributed by atoms with E-state index in [4.69, 9.17) is 14.5 Å². The number of Topliss-reactive ketones (excluding diaryl/α,β-unsaturated/α-hetero) is 1. The van der Waals surface area contributed by atoms with E-state index in [1.54, 1.807) is 24.3 Å². The lowest BCUT2D eigenvalue weighted by atomic mass is 9.82. The van der Waals surface area contributed by atoms with Crippen LogP contribution in [0.1, 0.15) is 71.4 Å². The van der Waals surface area contributed by atoms with Crippen molar-refractivity contribution >= 4 is 58.2 Å². The van der Waals surface area contributed by atoms with Crippen LogP contribution in [-0.4, -0.2) is 52.5 Å². The monoisotopic (exact) mass is 588 g/mol. The Morgan fingerprint density at radius 1 is 1.10 bits per heavy atom. The molecule has 2 aromatic carbocycles. The van der Waals surface area contributed by atoms with Gasteiger partial charge < -0.3 is 9.47 Å². The van der Waals surface area contributed by atoms with E-state index < -0.39 is 10.7 Å². The van der Waals surface area contributed by atoms with Crippen molar-refractivity contribution in [3.8, 4) is 0 Å². The number of carbonyl (C=O) groups excluding carboxylic acids is 4. The van der Waals surface area contributed by atoms with Gasteiger partial charge in [0.15, 0.2) is 0 Å². The molecule has 5 rings (SSSR count). The van der Waals surface area contributed by atoms with Crippen LogP contribution in [0, 0.1) is 5.41 Å². The molecule has 1 aliphatic carbocycles. The molecule has 1 fully saturated rings. The van der Waals surface area contributed by atoms with Crippen molar-refractivity contribution in [1.82, 2.24) is 0 Å². The van der Waals surface area contributed by atoms with Crippen LogP contribution < -0.4 is 4.90 Å². The molecule has 0 bridgehead atoms. The zero-order valence-corrected chi connectivity index (χ0v) is 25.5. The number of thioether (sulfide) groups is 1. The number of aliphatic imine (C=N–C) groups is 1. The highest BCUT2D eigenvalue weighted by Gasteiger charge is 2.41. The summed E-state index contributed by atoms with van der Waals surface area (Å²) in [5, 5.41) is -0.531. The molecule has 42 heavy (non-hydrogen) atoms. The fourth-order valence-corrected chi connectivity index (χ4v) is 6.07. The number of allylic oxidation sites excluding steroid dienone is 1. The summed E-state index contributed by atoms with van der Waals surface area (Å²) in [6, 6.07) is 14.4. The number of ketones is 1. The lowest BCUT2D eigenvalue weighted by Gasteiger charge is -2.36. The summed E-state index contributed by atoms with van der Waals surface area (Å²) in [6.45, 7) is 9.84. The van der Waals surface area contributed by atoms with Crippen LogP contribution in [0.2, 0.25) is 0 Å². The number of anilines is 1. The summed E-state index contributed by atoms with van der Waals surface area (Å²) < 4.78 is 11.6. The average Bonchev–Trinajstić information content (AvgIpc) is 3.25. The molecule has 9 heteroatoms. The number of hydrogen-bond donors (Lipinski definition) is 0. The van der Waals surface area contributed by atoms with Gasteiger partial charge in [-0.2, -0.15) is 0 Å². The topological polar surface area (TPSA) is 102 Å². The highest BCUT2D eigenvalue weighted by atomic mass is 32.2. The second-order valence-electron chi connectivity index (χ2n) is 12.0. The summed E-state index contributed by atoms with van der Waals surface area (Å²) in [6.07, 6.45) is 2.11. The number of benzene rings is 2. The van der Waals surface area contributed by atoms with Gasteiger partial charge in [0.2, 0.25) is 17.6 Å². The second-order valence-corrected chi connectivity index (χ2v) is 13.3. The summed E-state index contributed by atoms with van der Waals surface area (Å²) in [4.78, 5) is 57.5. The minimum atomic E-state index is -0.549. The molecule has 2 aliphatic heterocycles. The Morgan fingerprint density at radius 2 is 1.79 bits per heavy atom. The molecular formula is C33H36N2O6S. The van der Waals surface area contributed by atoms with Crippen LogP contribution in [0.4, 0.5) is 11.4 Å². The molecule has 1 atom stereocenters. The molecule has 220 valence electrons. The fourth-order valence-electron chi connectivity index (χ4n) is 5.10. The number of hydrogen-bond acceptors (Lipinski definition) is 8. The van der Waals surface area contributed by atoms with Gasteiger partial charge in [0, 0.05) is 28.9 Å². The van der Waals surface area contributed by atoms with Crippen LogP contribution in [0.15, 0.2) is 59.1 Å². The second kappa shape index (κ2) is 11.5. The van der Waals surface area contributed by atoms with E-state index in [0.29, 0.717) is 47.0 Å². The molecule has 3 aliphatic rings. The van der Waals surface area contributed by atoms with E-state index in [2.05, 4.69) is 0 Å². The van der Waals surface area contributed by atoms with Crippen LogP contribution in [0.3, 0.4) is 0 Å². The van der Waals surface area contributed by atoms with Crippen molar-refractivity contribution in [3.05, 3.63) is 65.2 Å². The zero-order valence-electron chi connectivity index (χ0n) is 24.7. The maximum atomic E-state index is 13.5. The quantitative estimate of drug-likeness (QED) is 0.211. The summed E-state index contributed by atoms with van der Waals surface area (Å²) in [5.74, 6) is 0.0864. The third-order valence-electron chi connectivity index (χ3n) is 8.07. The van der Waals surface area contributed by atoms with E-state index in [-0.39, 0.29) is 42.2 Å². The molecule has 1 saturated heterocycles. The molecule has 1 unspecified atom stereocenters. The molecule has 0 N–H and O–H groups in total. The van der Waals surface area contributed by atoms with Crippen molar-refractivity contribution in [3.63, 3.8) is 0 Å². The largest absolute Gasteiger partial charge is 0.487 e. The molecule has 2 heterocycles. The van der Waals surface area contributed by atoms with E-state index >= 15 is 0 Å². The minimum absolute atomic E-state index is 0.0869. The first-order valence-corrected chi connectivity index (χ1v) is 15.4. The van der Waals surface area contributed by atoms with Crippen LogP contribution in [0.5, 0.6) is 0 Å². The predicted molar refractivity (Wildman–Crippen MR) is 164 cm³/mol. The Hall–Kier alpha value is -3.72. The van der Waals surface area contributed by atoms with Crippen LogP contribution in [0.25, 0.3) is 5.76 Å². The third kappa shape index (κ3) is 5.79. The Kier molecular flexibility index (Phi) is 8.16. The Morgan fingerprint density at radius 3 is 2.48 bits per heavy atom. The van der Waals surface area contributed by atoms with E-state index in [1.165, 1.54) is 16.7 Å². The number of esters is 1. The zero-order chi connectivity index (χ0) is 30.2. The number of carbonyl (C=O) groups is 4. The van der Waals surface area contributed by atoms with E-state index in [1.807, 2.05) is 58.9 Å². The van der Waals surface area contributed by atoms with Crippen molar-refractivity contribution < 1.29 is 28.7 Å². The molecule has 2 amide bonds. The van der Waals surface area contributed by atoms with Gasteiger partial charge in [0.25, 0.3) is 0 Å². The Labute approximate surface area is 250 Å². The number of amides is 2. The highest BCUT2D eigenvalue weighted by molar-refractivity contribution is 8.00. The van der Waals surface area contributed by atoms with Crippen molar-refractivity contribution in [2.45, 2.75) is 71.2 Å². The Bertz CT molecular complexity index is 1500. The normalized spacial score (nSPS) is 20.9. The van der Waals surface area contributed by atoms with Crippen molar-refractivity contribution in [2.75, 3.05) is 17.3 Å². The number of fused-ring (bicyclic) bond motifs is 2. The first kappa shape index (κ1) is 29.8. The van der Waals surface area contributed by atoms with Gasteiger partial charge >= 0.3 is 5.97 Å². The molecule has 0 spiro atoms. The maximum Gasteiger partial charge on any atom is 0.311 e. The number of nitrogens with zero attached hydrogens (tertiary/aromatic N) is 2. The highest BCUT2D eigenvalue weighted by Crippen LogP contribution is 2.42. The van der Waals surface area contributed by atoms with Crippen LogP contribution in [-0.2, 0) is 28.7 Å². The van der Waals surface area contributed by atoms with Crippen molar-refractivity contribution in [2.24, 2.45) is 10.4 Å². The number of imide groups is 1. The van der Waals surface area contributed by atoms with E-state index in [9.17, 15) is 19.2 Å². The van der Waals surface area contributed by atoms with Gasteiger partial charge in [0.05, 0.1) is 22.0 Å². The molecule has 8 nitrogen and oxygen atoms in total. The molecular weight excluding hydrogens is 552 g/mol. The van der Waals surface area contributed by atoms with Crippen LogP contribution >= 0.6 is 11.8 Å². The molecule has 0 aromatic heterocycles. The standard InChI is InChI=1S/C33H36N2O6S/c1-6-32(2,3)31(39)40-17-18-42-25-19-26(36)35(30(25)38)21-13-11-20(12-14-21)34-27-22-9-7-8-10-23(22)29-24(28(27)37)15-16-33(4,5)41-29/h7-14,25H,6,15-19H2,1-5H3. The summed E-state index contributed by atoms with van der Waals surface area (Å²) in [5.41, 5.74) is 2.67. The SMILES string of the molecule is CCC(C)(C)C(=O)OCCSC1CC(=O)N(c2ccc(N=C3C(=O)C4=C(OC(C)(C)CC4)c4ccccc43)cc2)C1=O. The van der Waals surface area contributed by atoms with Gasteiger partial charge in [-0.15, -0.1) is 11.8 Å². The van der Waals surface area contributed by atoms with Crippen molar-refractivity contribution in [1.29, 1.82) is 0 Å². The minimum Gasteiger partial charge on any atom is -0.487 e. The predicted octanol–water partition coefficient (Wildman–Crippen LogP) is 6.03. The smallest absolute Gasteiger partial charge is 0.311 e. The van der Waals surface area contributed by atoms with Gasteiger partial charge in [-0.1, -0.05) is 31.2 Å². The third-order valence-corrected chi connectivity index (χ3v) is 9.24. The maximum absolute atomic E-state index is 13.5. The van der Waals surface area contributed by atoms with Gasteiger partial charge in [0.1, 0.15) is 23.7 Å². The lowest BCUT2D eigenvalue weighted by Crippen LogP contribution is -2.34. The lowest BCUT2D eigenvalue weighted by molar-refractivity contribution is -0.153. The average molecular weight is 589 g/mol.